The summed E-state index contributed by atoms with van der Waals surface area (Å²) in [4.78, 5) is 0. The van der Waals surface area contributed by atoms with E-state index in [-0.39, 0.29) is 0 Å². The predicted octanol–water partition coefficient (Wildman–Crippen LogP) is 4.76. The Morgan fingerprint density at radius 3 is 1.56 bits per heavy atom. The molecule has 0 aromatic heterocycles. The fraction of sp³-hybridized carbons (Fsp3) is 0.929. The summed E-state index contributed by atoms with van der Waals surface area (Å²) in [5.74, 6) is 0.532. The van der Waals surface area contributed by atoms with Crippen LogP contribution in [0.15, 0.2) is 5.16 Å². The minimum atomic E-state index is 0.532. The van der Waals surface area contributed by atoms with Crippen molar-refractivity contribution in [3.63, 3.8) is 0 Å². The van der Waals surface area contributed by atoms with E-state index in [0.29, 0.717) is 5.92 Å². The number of nitrogens with zero attached hydrogens (tertiary/aromatic N) is 1. The molecule has 1 saturated carbocycles. The molecule has 0 radical (unpaired) electrons. The van der Waals surface area contributed by atoms with Crippen LogP contribution in [-0.4, -0.2) is 10.9 Å². The summed E-state index contributed by atoms with van der Waals surface area (Å²) in [7, 11) is 0. The molecule has 1 fully saturated rings. The molecule has 1 N–H and O–H groups in total. The third kappa shape index (κ3) is 5.53. The highest BCUT2D eigenvalue weighted by atomic mass is 16.4. The third-order valence-corrected chi connectivity index (χ3v) is 3.85. The molecule has 2 heteroatoms. The van der Waals surface area contributed by atoms with Crippen LogP contribution in [0.2, 0.25) is 0 Å². The van der Waals surface area contributed by atoms with Gasteiger partial charge in [-0.1, -0.05) is 62.9 Å². The summed E-state index contributed by atoms with van der Waals surface area (Å²) in [6.07, 6.45) is 14.8. The Kier molecular flexibility index (Phi) is 7.28. The molecule has 0 saturated heterocycles. The van der Waals surface area contributed by atoms with Crippen LogP contribution in [0.5, 0.6) is 0 Å². The molecule has 0 unspecified atom stereocenters. The Morgan fingerprint density at radius 1 is 0.812 bits per heavy atom. The van der Waals surface area contributed by atoms with Gasteiger partial charge in [0.2, 0.25) is 0 Å². The highest BCUT2D eigenvalue weighted by Crippen LogP contribution is 2.22. The summed E-state index contributed by atoms with van der Waals surface area (Å²) in [5.41, 5.74) is 0.942. The Hall–Kier alpha value is -0.530. The van der Waals surface area contributed by atoms with Gasteiger partial charge in [0.25, 0.3) is 0 Å². The molecule has 2 nitrogen and oxygen atoms in total. The van der Waals surface area contributed by atoms with Gasteiger partial charge in [-0.05, 0) is 19.8 Å². The maximum Gasteiger partial charge on any atom is 0.0570 e. The zero-order valence-electron chi connectivity index (χ0n) is 10.7. The molecule has 0 aliphatic heterocycles. The van der Waals surface area contributed by atoms with Crippen molar-refractivity contribution in [2.24, 2.45) is 11.1 Å². The number of rotatable bonds is 1. The van der Waals surface area contributed by atoms with Gasteiger partial charge in [0.15, 0.2) is 0 Å². The van der Waals surface area contributed by atoms with Crippen LogP contribution in [0.3, 0.4) is 0 Å². The molecule has 0 spiro atoms. The molecular weight excluding hydrogens is 198 g/mol. The lowest BCUT2D eigenvalue weighted by Gasteiger charge is -2.16. The van der Waals surface area contributed by atoms with E-state index < -0.39 is 0 Å². The molecule has 16 heavy (non-hydrogen) atoms. The lowest BCUT2D eigenvalue weighted by Crippen LogP contribution is -2.11. The van der Waals surface area contributed by atoms with Gasteiger partial charge in [-0.15, -0.1) is 0 Å². The third-order valence-electron chi connectivity index (χ3n) is 3.85. The highest BCUT2D eigenvalue weighted by molar-refractivity contribution is 5.83. The van der Waals surface area contributed by atoms with E-state index in [4.69, 9.17) is 5.21 Å². The molecule has 0 aromatic rings. The van der Waals surface area contributed by atoms with Crippen LogP contribution in [0, 0.1) is 5.92 Å². The van der Waals surface area contributed by atoms with Crippen LogP contribution in [0.4, 0.5) is 0 Å². The van der Waals surface area contributed by atoms with Gasteiger partial charge in [0.05, 0.1) is 5.71 Å². The molecule has 0 heterocycles. The Morgan fingerprint density at radius 2 is 1.19 bits per heavy atom. The first kappa shape index (κ1) is 13.5. The number of hydrogen-bond donors (Lipinski definition) is 1. The van der Waals surface area contributed by atoms with Crippen LogP contribution >= 0.6 is 0 Å². The van der Waals surface area contributed by atoms with Crippen molar-refractivity contribution < 1.29 is 5.21 Å². The summed E-state index contributed by atoms with van der Waals surface area (Å²) in [6, 6.07) is 0. The van der Waals surface area contributed by atoms with Gasteiger partial charge in [-0.2, -0.15) is 0 Å². The van der Waals surface area contributed by atoms with E-state index in [2.05, 4.69) is 5.16 Å². The topological polar surface area (TPSA) is 32.6 Å². The Balaban J connectivity index is 2.36. The Bertz CT molecular complexity index is 189. The van der Waals surface area contributed by atoms with Crippen LogP contribution in [0.25, 0.3) is 0 Å². The fourth-order valence-corrected chi connectivity index (χ4v) is 2.66. The molecule has 0 aromatic carbocycles. The molecule has 1 aliphatic rings. The van der Waals surface area contributed by atoms with Gasteiger partial charge in [0.1, 0.15) is 0 Å². The summed E-state index contributed by atoms with van der Waals surface area (Å²) in [6.45, 7) is 1.97. The molecule has 0 bridgehead atoms. The first-order valence-corrected chi connectivity index (χ1v) is 7.03. The van der Waals surface area contributed by atoms with Gasteiger partial charge in [0, 0.05) is 5.92 Å². The SMILES string of the molecule is C/C(=N/O)C1CCCCCCCCCCC1. The zero-order chi connectivity index (χ0) is 11.6. The van der Waals surface area contributed by atoms with Gasteiger partial charge in [-0.3, -0.25) is 0 Å². The number of oxime groups is 1. The molecule has 1 aliphatic carbocycles. The summed E-state index contributed by atoms with van der Waals surface area (Å²) < 4.78 is 0. The minimum Gasteiger partial charge on any atom is -0.411 e. The lowest BCUT2D eigenvalue weighted by molar-refractivity contribution is 0.311. The zero-order valence-corrected chi connectivity index (χ0v) is 10.7. The first-order chi connectivity index (χ1) is 7.84. The second-order valence-corrected chi connectivity index (χ2v) is 5.20. The normalized spacial score (nSPS) is 23.4. The second-order valence-electron chi connectivity index (χ2n) is 5.20. The predicted molar refractivity (Wildman–Crippen MR) is 69.2 cm³/mol. The van der Waals surface area contributed by atoms with Crippen molar-refractivity contribution in [2.75, 3.05) is 0 Å². The summed E-state index contributed by atoms with van der Waals surface area (Å²) >= 11 is 0. The minimum absolute atomic E-state index is 0.532. The van der Waals surface area contributed by atoms with Crippen molar-refractivity contribution in [3.8, 4) is 0 Å². The van der Waals surface area contributed by atoms with E-state index in [9.17, 15) is 0 Å². The van der Waals surface area contributed by atoms with Gasteiger partial charge in [-0.25, -0.2) is 0 Å². The standard InChI is InChI=1S/C14H27NO/c1-13(15-16)14-11-9-7-5-3-2-4-6-8-10-12-14/h14,16H,2-12H2,1H3/b15-13-. The van der Waals surface area contributed by atoms with Crippen LogP contribution < -0.4 is 0 Å². The van der Waals surface area contributed by atoms with Crippen molar-refractivity contribution in [2.45, 2.75) is 77.6 Å². The van der Waals surface area contributed by atoms with E-state index in [1.807, 2.05) is 6.92 Å². The van der Waals surface area contributed by atoms with E-state index >= 15 is 0 Å². The monoisotopic (exact) mass is 225 g/mol. The van der Waals surface area contributed by atoms with Crippen molar-refractivity contribution >= 4 is 5.71 Å². The van der Waals surface area contributed by atoms with Gasteiger partial charge < -0.3 is 5.21 Å². The van der Waals surface area contributed by atoms with Crippen molar-refractivity contribution in [1.29, 1.82) is 0 Å². The van der Waals surface area contributed by atoms with E-state index in [1.54, 1.807) is 0 Å². The van der Waals surface area contributed by atoms with Crippen LogP contribution in [-0.2, 0) is 0 Å². The smallest absolute Gasteiger partial charge is 0.0570 e. The van der Waals surface area contributed by atoms with Crippen molar-refractivity contribution in [1.82, 2.24) is 0 Å². The maximum absolute atomic E-state index is 8.86. The van der Waals surface area contributed by atoms with E-state index in [0.717, 1.165) is 5.71 Å². The fourth-order valence-electron chi connectivity index (χ4n) is 2.66. The largest absolute Gasteiger partial charge is 0.411 e. The Labute approximate surface area is 100 Å². The number of hydrogen-bond acceptors (Lipinski definition) is 2. The molecule has 1 rings (SSSR count). The maximum atomic E-state index is 8.86. The first-order valence-electron chi connectivity index (χ1n) is 7.03. The summed E-state index contributed by atoms with van der Waals surface area (Å²) in [5, 5.41) is 12.3. The highest BCUT2D eigenvalue weighted by Gasteiger charge is 2.12. The second kappa shape index (κ2) is 8.60. The van der Waals surface area contributed by atoms with E-state index in [1.165, 1.54) is 70.6 Å². The van der Waals surface area contributed by atoms with Gasteiger partial charge >= 0.3 is 0 Å². The van der Waals surface area contributed by atoms with Crippen molar-refractivity contribution in [3.05, 3.63) is 0 Å². The molecular formula is C14H27NO. The van der Waals surface area contributed by atoms with Crippen LogP contribution in [0.1, 0.15) is 77.6 Å². The molecule has 94 valence electrons. The average Bonchev–Trinajstić information content (AvgIpc) is 2.29. The quantitative estimate of drug-likeness (QED) is 0.389. The average molecular weight is 225 g/mol. The lowest BCUT2D eigenvalue weighted by atomic mass is 9.90. The molecule has 0 amide bonds. The molecule has 0 atom stereocenters.